The summed E-state index contributed by atoms with van der Waals surface area (Å²) < 4.78 is 0. The van der Waals surface area contributed by atoms with Crippen molar-refractivity contribution in [1.29, 1.82) is 0 Å². The van der Waals surface area contributed by atoms with E-state index >= 15 is 0 Å². The third-order valence-electron chi connectivity index (χ3n) is 1.54. The van der Waals surface area contributed by atoms with Crippen LogP contribution in [-0.2, 0) is 4.79 Å². The normalized spacial score (nSPS) is 10.4. The Labute approximate surface area is 95.0 Å². The van der Waals surface area contributed by atoms with E-state index in [9.17, 15) is 4.79 Å². The highest BCUT2D eigenvalue weighted by Crippen LogP contribution is 2.13. The number of hydrogen-bond donors (Lipinski definition) is 2. The molecule has 8 heteroatoms. The minimum Gasteiger partial charge on any atom is -0.410 e. The van der Waals surface area contributed by atoms with Crippen LogP contribution in [0.25, 0.3) is 10.4 Å². The second-order valence-electron chi connectivity index (χ2n) is 2.57. The lowest BCUT2D eigenvalue weighted by Gasteiger charge is -2.02. The van der Waals surface area contributed by atoms with Crippen molar-refractivity contribution >= 4 is 29.0 Å². The van der Waals surface area contributed by atoms with Crippen LogP contribution in [0, 0.1) is 0 Å². The fourth-order valence-corrected chi connectivity index (χ4v) is 0.999. The first-order chi connectivity index (χ1) is 7.67. The van der Waals surface area contributed by atoms with Gasteiger partial charge in [-0.2, -0.15) is 0 Å². The van der Waals surface area contributed by atoms with E-state index in [1.165, 1.54) is 0 Å². The van der Waals surface area contributed by atoms with E-state index in [0.29, 0.717) is 10.7 Å². The number of anilines is 1. The maximum absolute atomic E-state index is 11.3. The van der Waals surface area contributed by atoms with Crippen molar-refractivity contribution in [2.45, 2.75) is 0 Å². The smallest absolute Gasteiger partial charge is 0.280 e. The lowest BCUT2D eigenvalue weighted by molar-refractivity contribution is -0.110. The summed E-state index contributed by atoms with van der Waals surface area (Å²) in [6.07, 6.45) is 0. The van der Waals surface area contributed by atoms with Crippen molar-refractivity contribution < 1.29 is 10.0 Å². The van der Waals surface area contributed by atoms with Crippen LogP contribution in [0.4, 0.5) is 5.69 Å². The van der Waals surface area contributed by atoms with E-state index in [-0.39, 0.29) is 0 Å². The van der Waals surface area contributed by atoms with Crippen molar-refractivity contribution in [3.8, 4) is 0 Å². The van der Waals surface area contributed by atoms with E-state index in [0.717, 1.165) is 0 Å². The van der Waals surface area contributed by atoms with Gasteiger partial charge in [-0.1, -0.05) is 16.8 Å². The number of azide groups is 1. The van der Waals surface area contributed by atoms with Gasteiger partial charge in [-0.05, 0) is 34.9 Å². The Morgan fingerprint density at radius 2 is 2.06 bits per heavy atom. The van der Waals surface area contributed by atoms with Crippen LogP contribution < -0.4 is 5.32 Å². The van der Waals surface area contributed by atoms with Crippen LogP contribution in [0.15, 0.2) is 34.5 Å². The first kappa shape index (κ1) is 11.8. The number of carbonyl (C=O) groups excluding carboxylic acids is 1. The van der Waals surface area contributed by atoms with Gasteiger partial charge >= 0.3 is 0 Å². The highest BCUT2D eigenvalue weighted by Gasteiger charge is 2.10. The first-order valence-corrected chi connectivity index (χ1v) is 4.39. The Morgan fingerprint density at radius 3 is 2.56 bits per heavy atom. The van der Waals surface area contributed by atoms with Crippen LogP contribution in [0.3, 0.4) is 0 Å². The molecule has 1 amide bonds. The summed E-state index contributed by atoms with van der Waals surface area (Å²) in [7, 11) is 0. The predicted octanol–water partition coefficient (Wildman–Crippen LogP) is 2.38. The number of hydrogen-bond acceptors (Lipinski definition) is 3. The number of oxime groups is 1. The summed E-state index contributed by atoms with van der Waals surface area (Å²) in [6, 6.07) is 6.23. The molecule has 0 fully saturated rings. The quantitative estimate of drug-likeness (QED) is 0.149. The predicted molar refractivity (Wildman–Crippen MR) is 58.4 cm³/mol. The molecule has 1 rings (SSSR count). The monoisotopic (exact) mass is 239 g/mol. The summed E-state index contributed by atoms with van der Waals surface area (Å²) in [5.41, 5.74) is 8.52. The van der Waals surface area contributed by atoms with Crippen molar-refractivity contribution in [3.05, 3.63) is 39.7 Å². The minimum atomic E-state index is -0.817. The van der Waals surface area contributed by atoms with E-state index in [1.807, 2.05) is 0 Å². The molecule has 2 N–H and O–H groups in total. The van der Waals surface area contributed by atoms with Crippen LogP contribution in [-0.4, -0.2) is 17.0 Å². The lowest BCUT2D eigenvalue weighted by Crippen LogP contribution is -2.20. The highest BCUT2D eigenvalue weighted by molar-refractivity contribution is 6.42. The fourth-order valence-electron chi connectivity index (χ4n) is 0.873. The van der Waals surface area contributed by atoms with Gasteiger partial charge in [0.1, 0.15) is 0 Å². The zero-order valence-electron chi connectivity index (χ0n) is 7.83. The Morgan fingerprint density at radius 1 is 1.44 bits per heavy atom. The summed E-state index contributed by atoms with van der Waals surface area (Å²) in [4.78, 5) is 13.7. The molecule has 0 heterocycles. The molecule has 0 aromatic heterocycles. The first-order valence-electron chi connectivity index (χ1n) is 4.01. The molecule has 0 aliphatic heterocycles. The number of halogens is 1. The molecule has 7 nitrogen and oxygen atoms in total. The average molecular weight is 240 g/mol. The Bertz CT molecular complexity index is 464. The molecule has 0 aliphatic carbocycles. The van der Waals surface area contributed by atoms with Crippen molar-refractivity contribution in [3.63, 3.8) is 0 Å². The van der Waals surface area contributed by atoms with Crippen molar-refractivity contribution in [2.24, 2.45) is 10.3 Å². The zero-order valence-corrected chi connectivity index (χ0v) is 8.59. The van der Waals surface area contributed by atoms with Gasteiger partial charge in [-0.15, -0.1) is 0 Å². The molecule has 0 spiro atoms. The molecule has 0 unspecified atom stereocenters. The number of carbonyl (C=O) groups is 1. The van der Waals surface area contributed by atoms with Crippen LogP contribution in [0.5, 0.6) is 0 Å². The fraction of sp³-hybridized carbons (Fsp3) is 0. The third-order valence-corrected chi connectivity index (χ3v) is 1.79. The molecule has 0 radical (unpaired) electrons. The lowest BCUT2D eigenvalue weighted by atomic mass is 10.3. The van der Waals surface area contributed by atoms with Gasteiger partial charge < -0.3 is 10.5 Å². The van der Waals surface area contributed by atoms with Gasteiger partial charge in [0.25, 0.3) is 5.91 Å². The van der Waals surface area contributed by atoms with E-state index < -0.39 is 11.7 Å². The largest absolute Gasteiger partial charge is 0.410 e. The van der Waals surface area contributed by atoms with Gasteiger partial charge in [-0.3, -0.25) is 4.79 Å². The highest BCUT2D eigenvalue weighted by atomic mass is 35.5. The maximum atomic E-state index is 11.3. The Balaban J connectivity index is 2.78. The molecule has 0 bridgehead atoms. The number of nitrogens with one attached hydrogen (secondary N) is 1. The van der Waals surface area contributed by atoms with Crippen LogP contribution in [0.2, 0.25) is 5.02 Å². The second kappa shape index (κ2) is 5.59. The summed E-state index contributed by atoms with van der Waals surface area (Å²) >= 11 is 5.64. The third kappa shape index (κ3) is 3.16. The summed E-state index contributed by atoms with van der Waals surface area (Å²) in [5.74, 6) is -1.49. The van der Waals surface area contributed by atoms with E-state index in [1.54, 1.807) is 24.3 Å². The van der Waals surface area contributed by atoms with E-state index in [2.05, 4.69) is 20.5 Å². The second-order valence-corrected chi connectivity index (χ2v) is 3.01. The molecule has 82 valence electrons. The molecule has 1 aromatic carbocycles. The molecular weight excluding hydrogens is 234 g/mol. The maximum Gasteiger partial charge on any atom is 0.280 e. The van der Waals surface area contributed by atoms with Gasteiger partial charge in [0.2, 0.25) is 5.84 Å². The summed E-state index contributed by atoms with van der Waals surface area (Å²) in [6.45, 7) is 0. The zero-order chi connectivity index (χ0) is 12.0. The van der Waals surface area contributed by atoms with Crippen LogP contribution >= 0.6 is 11.6 Å². The van der Waals surface area contributed by atoms with Gasteiger partial charge in [0.15, 0.2) is 0 Å². The number of rotatable bonds is 1. The number of benzene rings is 1. The standard InChI is InChI=1S/C8H6ClN5O2/c9-5-1-3-6(4-2-5)11-8(15)7(13-16)12-14-10/h1-4,16H,(H,11,15)/b13-7-. The molecule has 0 saturated heterocycles. The van der Waals surface area contributed by atoms with Crippen molar-refractivity contribution in [2.75, 3.05) is 5.32 Å². The minimum absolute atomic E-state index is 0.434. The molecule has 1 aromatic rings. The molecule has 0 atom stereocenters. The number of amides is 1. The van der Waals surface area contributed by atoms with E-state index in [4.69, 9.17) is 22.3 Å². The number of amidine groups is 1. The molecule has 0 saturated carbocycles. The number of nitrogens with zero attached hydrogens (tertiary/aromatic N) is 4. The average Bonchev–Trinajstić information content (AvgIpc) is 2.29. The Kier molecular flexibility index (Phi) is 4.14. The molecular formula is C8H6ClN5O2. The Hall–Kier alpha value is -2.24. The van der Waals surface area contributed by atoms with Gasteiger partial charge in [-0.25, -0.2) is 0 Å². The van der Waals surface area contributed by atoms with Crippen molar-refractivity contribution in [1.82, 2.24) is 0 Å². The molecule has 0 aliphatic rings. The SMILES string of the molecule is [N-]=[N+]=N/C(=N\O)C(=O)Nc1ccc(Cl)cc1. The van der Waals surface area contributed by atoms with Gasteiger partial charge in [0, 0.05) is 15.6 Å². The summed E-state index contributed by atoms with van der Waals surface area (Å²) in [5, 5.41) is 16.7. The van der Waals surface area contributed by atoms with Gasteiger partial charge in [0.05, 0.1) is 0 Å². The van der Waals surface area contributed by atoms with Crippen LogP contribution in [0.1, 0.15) is 0 Å². The topological polar surface area (TPSA) is 110 Å². The molecule has 16 heavy (non-hydrogen) atoms.